The maximum atomic E-state index is 4.01. The molecule has 2 aromatic carbocycles. The number of benzene rings is 2. The molecule has 2 nitrogen and oxygen atoms in total. The zero-order valence-corrected chi connectivity index (χ0v) is 21.1. The molecule has 165 valence electrons. The first kappa shape index (κ1) is 23.1. The van der Waals surface area contributed by atoms with E-state index in [0.29, 0.717) is 23.7 Å². The first-order valence-corrected chi connectivity index (χ1v) is 11.9. The van der Waals surface area contributed by atoms with Gasteiger partial charge in [-0.25, -0.2) is 0 Å². The molecule has 0 aliphatic rings. The van der Waals surface area contributed by atoms with Crippen molar-refractivity contribution < 1.29 is 20.6 Å². The number of para-hydroxylation sites is 2. The molecular weight excluding hydrogens is 460 g/mol. The second-order valence-corrected chi connectivity index (χ2v) is 10.1. The van der Waals surface area contributed by atoms with E-state index < -0.39 is 0 Å². The summed E-state index contributed by atoms with van der Waals surface area (Å²) in [5.41, 5.74) is 8.13. The van der Waals surface area contributed by atoms with Crippen LogP contribution in [0.25, 0.3) is 11.4 Å². The van der Waals surface area contributed by atoms with Gasteiger partial charge in [0.25, 0.3) is 0 Å². The topological polar surface area (TPSA) is 9.86 Å². The molecule has 0 aliphatic carbocycles. The number of hydrogen-bond acceptors (Lipinski definition) is 0. The van der Waals surface area contributed by atoms with E-state index in [9.17, 15) is 0 Å². The Labute approximate surface area is 194 Å². The van der Waals surface area contributed by atoms with Crippen LogP contribution < -0.4 is 0 Å². The van der Waals surface area contributed by atoms with Gasteiger partial charge in [-0.05, 0) is 0 Å². The molecule has 0 saturated heterocycles. The molecule has 30 heavy (non-hydrogen) atoms. The normalized spacial score (nSPS) is 12.1. The molecular formula is C27H36AgN2. The summed E-state index contributed by atoms with van der Waals surface area (Å²) < 4.78 is 5.71. The Morgan fingerprint density at radius 1 is 0.533 bits per heavy atom. The van der Waals surface area contributed by atoms with Crippen LogP contribution in [0.2, 0.25) is 0 Å². The monoisotopic (exact) mass is 495 g/mol. The molecule has 0 bridgehead atoms. The summed E-state index contributed by atoms with van der Waals surface area (Å²) in [6, 6.07) is 13.5. The van der Waals surface area contributed by atoms with E-state index >= 15 is 0 Å². The van der Waals surface area contributed by atoms with Crippen LogP contribution in [0.15, 0.2) is 48.8 Å². The van der Waals surface area contributed by atoms with Crippen molar-refractivity contribution in [3.8, 4) is 11.4 Å². The molecule has 3 rings (SSSR count). The molecule has 3 aromatic rings. The van der Waals surface area contributed by atoms with Gasteiger partial charge in [0.15, 0.2) is 0 Å². The van der Waals surface area contributed by atoms with E-state index in [2.05, 4.69) is 134 Å². The molecule has 0 saturated carbocycles. The van der Waals surface area contributed by atoms with Gasteiger partial charge in [0.05, 0.1) is 0 Å². The second-order valence-electron chi connectivity index (χ2n) is 9.46. The molecule has 1 heterocycles. The Morgan fingerprint density at radius 2 is 0.800 bits per heavy atom. The van der Waals surface area contributed by atoms with Gasteiger partial charge in [-0.15, -0.1) is 0 Å². The summed E-state index contributed by atoms with van der Waals surface area (Å²) in [4.78, 5) is 0. The van der Waals surface area contributed by atoms with Crippen LogP contribution >= 0.6 is 0 Å². The Bertz CT molecular complexity index is 944. The third-order valence-corrected chi connectivity index (χ3v) is 6.61. The molecule has 0 atom stereocenters. The molecule has 1 aromatic heterocycles. The van der Waals surface area contributed by atoms with E-state index in [1.165, 1.54) is 33.6 Å². The Balaban J connectivity index is 2.33. The minimum absolute atomic E-state index is 0.454. The van der Waals surface area contributed by atoms with Gasteiger partial charge in [0.2, 0.25) is 0 Å². The van der Waals surface area contributed by atoms with Crippen LogP contribution in [0, 0.1) is 3.63 Å². The number of aromatic nitrogens is 2. The fourth-order valence-corrected chi connectivity index (χ4v) is 4.81. The average Bonchev–Trinajstić information content (AvgIpc) is 3.07. The quantitative estimate of drug-likeness (QED) is 0.308. The molecule has 3 heteroatoms. The zero-order chi connectivity index (χ0) is 22.2. The van der Waals surface area contributed by atoms with E-state index in [1.54, 1.807) is 0 Å². The van der Waals surface area contributed by atoms with Crippen LogP contribution in [0.4, 0.5) is 0 Å². The van der Waals surface area contributed by atoms with E-state index in [-0.39, 0.29) is 0 Å². The molecule has 0 aliphatic heterocycles. The zero-order valence-electron chi connectivity index (χ0n) is 19.6. The van der Waals surface area contributed by atoms with Crippen molar-refractivity contribution in [3.63, 3.8) is 0 Å². The van der Waals surface area contributed by atoms with Gasteiger partial charge in [0.1, 0.15) is 0 Å². The van der Waals surface area contributed by atoms with Crippen LogP contribution in [0.5, 0.6) is 0 Å². The van der Waals surface area contributed by atoms with Crippen molar-refractivity contribution in [2.24, 2.45) is 0 Å². The number of nitrogens with zero attached hydrogens (tertiary/aromatic N) is 2. The van der Waals surface area contributed by atoms with E-state index in [1.807, 2.05) is 0 Å². The predicted octanol–water partition coefficient (Wildman–Crippen LogP) is 7.84. The van der Waals surface area contributed by atoms with Crippen molar-refractivity contribution >= 4 is 0 Å². The second kappa shape index (κ2) is 9.26. The maximum absolute atomic E-state index is 4.01. The van der Waals surface area contributed by atoms with Crippen LogP contribution in [-0.2, 0) is 20.6 Å². The average molecular weight is 496 g/mol. The summed E-state index contributed by atoms with van der Waals surface area (Å²) in [7, 11) is 0. The minimum atomic E-state index is 0.454. The van der Waals surface area contributed by atoms with Crippen molar-refractivity contribution in [2.45, 2.75) is 79.1 Å². The summed E-state index contributed by atoms with van der Waals surface area (Å²) in [5, 5.41) is 0. The molecule has 0 N–H and O–H groups in total. The van der Waals surface area contributed by atoms with Crippen molar-refractivity contribution in [1.82, 2.24) is 9.13 Å². The molecule has 0 fully saturated rings. The van der Waals surface area contributed by atoms with Crippen LogP contribution in [0.1, 0.15) is 101 Å². The molecule has 0 unspecified atom stereocenters. The summed E-state index contributed by atoms with van der Waals surface area (Å²) >= 11 is 4.01. The predicted molar refractivity (Wildman–Crippen MR) is 125 cm³/mol. The SMILES string of the molecule is CC(C)c1cccc(C(C)C)c1-n1ccn(-c2c(C(C)C)cccc2C(C)C)[c]1=[Ag]. The fraction of sp³-hybridized carbons (Fsp3) is 0.444. The Hall–Kier alpha value is -1.61. The van der Waals surface area contributed by atoms with E-state index in [0.717, 1.165) is 3.63 Å². The standard InChI is InChI=1S/C27H36N2.Ag/c1-18(2)22-11-9-12-23(19(3)4)26(22)28-15-16-29(17-28)27-24(20(5)6)13-10-14-25(27)21(7)8;/h9-16,18-21H,1-8H3;. The third-order valence-electron chi connectivity index (χ3n) is 5.89. The number of rotatable bonds is 6. The van der Waals surface area contributed by atoms with Gasteiger partial charge in [-0.1, -0.05) is 0 Å². The van der Waals surface area contributed by atoms with Gasteiger partial charge >= 0.3 is 195 Å². The molecule has 0 spiro atoms. The fourth-order valence-electron chi connectivity index (χ4n) is 4.26. The Morgan fingerprint density at radius 3 is 1.03 bits per heavy atom. The third kappa shape index (κ3) is 4.23. The van der Waals surface area contributed by atoms with Gasteiger partial charge in [0, 0.05) is 0 Å². The van der Waals surface area contributed by atoms with Crippen molar-refractivity contribution in [3.05, 3.63) is 74.7 Å². The first-order valence-electron chi connectivity index (χ1n) is 11.2. The first-order chi connectivity index (χ1) is 14.1. The summed E-state index contributed by atoms with van der Waals surface area (Å²) in [6.45, 7) is 18.2. The van der Waals surface area contributed by atoms with E-state index in [4.69, 9.17) is 0 Å². The summed E-state index contributed by atoms with van der Waals surface area (Å²) in [5.74, 6) is 1.82. The number of hydrogen-bond donors (Lipinski definition) is 0. The van der Waals surface area contributed by atoms with Crippen LogP contribution in [-0.4, -0.2) is 9.13 Å². The van der Waals surface area contributed by atoms with Gasteiger partial charge in [-0.3, -0.25) is 0 Å². The molecule has 0 radical (unpaired) electrons. The van der Waals surface area contributed by atoms with Gasteiger partial charge < -0.3 is 0 Å². The summed E-state index contributed by atoms with van der Waals surface area (Å²) in [6.07, 6.45) is 4.41. The Kier molecular flexibility index (Phi) is 7.12. The van der Waals surface area contributed by atoms with Crippen molar-refractivity contribution in [1.29, 1.82) is 0 Å². The van der Waals surface area contributed by atoms with Crippen molar-refractivity contribution in [2.75, 3.05) is 0 Å². The molecule has 0 amide bonds. The van der Waals surface area contributed by atoms with Crippen LogP contribution in [0.3, 0.4) is 0 Å². The van der Waals surface area contributed by atoms with Gasteiger partial charge in [-0.2, -0.15) is 0 Å². The number of imidazole rings is 1.